The molecular weight excluding hydrogens is 558 g/mol. The number of hydrogen-bond acceptors (Lipinski definition) is 6. The Kier molecular flexibility index (Phi) is 12.2. The molecule has 44 heavy (non-hydrogen) atoms. The Morgan fingerprint density at radius 2 is 1.27 bits per heavy atom. The van der Waals surface area contributed by atoms with Crippen LogP contribution in [-0.2, 0) is 22.4 Å². The maximum atomic E-state index is 12.9. The standard InChI is InChI=1S/C35H45N3O6/c1-34(2,3)43-32(40)37-25-27-16-14-26(15-17-27)11-10-23-38(33(41)44-35(4,5)6)24-22-36-31(39)28-18-20-30(21-19-28)42-29-12-8-7-9-13-29/h7-9,12-21H,10-11,22-25H2,1-6H3,(H,36,39)(H,37,40). The summed E-state index contributed by atoms with van der Waals surface area (Å²) in [5.74, 6) is 1.12. The minimum absolute atomic E-state index is 0.235. The third kappa shape index (κ3) is 12.8. The van der Waals surface area contributed by atoms with Crippen LogP contribution in [0.3, 0.4) is 0 Å². The minimum Gasteiger partial charge on any atom is -0.457 e. The minimum atomic E-state index is -0.634. The number of alkyl carbamates (subject to hydrolysis) is 1. The molecule has 0 spiro atoms. The molecule has 3 aromatic rings. The normalized spacial score (nSPS) is 11.3. The van der Waals surface area contributed by atoms with Crippen LogP contribution < -0.4 is 15.4 Å². The first-order valence-corrected chi connectivity index (χ1v) is 14.9. The predicted octanol–water partition coefficient (Wildman–Crippen LogP) is 7.10. The molecule has 3 rings (SSSR count). The summed E-state index contributed by atoms with van der Waals surface area (Å²) in [5.41, 5.74) is 1.40. The quantitative estimate of drug-likeness (QED) is 0.229. The molecule has 9 heteroatoms. The van der Waals surface area contributed by atoms with Gasteiger partial charge in [0.2, 0.25) is 0 Å². The van der Waals surface area contributed by atoms with E-state index in [1.807, 2.05) is 96.1 Å². The molecule has 3 amide bonds. The van der Waals surface area contributed by atoms with Crippen molar-refractivity contribution in [2.24, 2.45) is 0 Å². The number of carbonyl (C=O) groups is 3. The van der Waals surface area contributed by atoms with E-state index in [-0.39, 0.29) is 12.5 Å². The molecule has 0 unspecified atom stereocenters. The Morgan fingerprint density at radius 1 is 0.682 bits per heavy atom. The Bertz CT molecular complexity index is 1340. The van der Waals surface area contributed by atoms with E-state index in [9.17, 15) is 14.4 Å². The molecule has 2 N–H and O–H groups in total. The molecule has 0 bridgehead atoms. The maximum Gasteiger partial charge on any atom is 0.410 e. The molecule has 9 nitrogen and oxygen atoms in total. The molecule has 0 heterocycles. The lowest BCUT2D eigenvalue weighted by Crippen LogP contribution is -2.42. The van der Waals surface area contributed by atoms with Crippen LogP contribution in [0, 0.1) is 0 Å². The first-order chi connectivity index (χ1) is 20.8. The monoisotopic (exact) mass is 603 g/mol. The fraction of sp³-hybridized carbons (Fsp3) is 0.400. The van der Waals surface area contributed by atoms with E-state index in [1.165, 1.54) is 0 Å². The van der Waals surface area contributed by atoms with Crippen LogP contribution in [0.2, 0.25) is 0 Å². The highest BCUT2D eigenvalue weighted by molar-refractivity contribution is 5.94. The average molecular weight is 604 g/mol. The summed E-state index contributed by atoms with van der Waals surface area (Å²) in [6.07, 6.45) is 0.595. The summed E-state index contributed by atoms with van der Waals surface area (Å²) in [4.78, 5) is 39.2. The van der Waals surface area contributed by atoms with Crippen LogP contribution in [0.1, 0.15) is 69.4 Å². The van der Waals surface area contributed by atoms with Gasteiger partial charge in [0, 0.05) is 31.7 Å². The van der Waals surface area contributed by atoms with Crippen molar-refractivity contribution < 1.29 is 28.6 Å². The van der Waals surface area contributed by atoms with E-state index in [0.29, 0.717) is 37.4 Å². The van der Waals surface area contributed by atoms with Gasteiger partial charge in [0.1, 0.15) is 22.7 Å². The molecule has 0 aliphatic carbocycles. The molecular formula is C35H45N3O6. The van der Waals surface area contributed by atoms with Crippen LogP contribution >= 0.6 is 0 Å². The molecule has 0 aliphatic rings. The fourth-order valence-electron chi connectivity index (χ4n) is 4.11. The van der Waals surface area contributed by atoms with Gasteiger partial charge in [-0.2, -0.15) is 0 Å². The highest BCUT2D eigenvalue weighted by atomic mass is 16.6. The number of hydrogen-bond donors (Lipinski definition) is 2. The molecule has 0 aliphatic heterocycles. The van der Waals surface area contributed by atoms with Crippen molar-refractivity contribution in [1.82, 2.24) is 15.5 Å². The molecule has 0 saturated heterocycles. The average Bonchev–Trinajstić information content (AvgIpc) is 2.95. The summed E-state index contributed by atoms with van der Waals surface area (Å²) >= 11 is 0. The van der Waals surface area contributed by atoms with Gasteiger partial charge in [0.25, 0.3) is 5.91 Å². The van der Waals surface area contributed by atoms with Crippen molar-refractivity contribution in [2.75, 3.05) is 19.6 Å². The van der Waals surface area contributed by atoms with E-state index >= 15 is 0 Å². The lowest BCUT2D eigenvalue weighted by molar-refractivity contribution is 0.0248. The Hall–Kier alpha value is -4.53. The van der Waals surface area contributed by atoms with Crippen LogP contribution in [0.5, 0.6) is 11.5 Å². The van der Waals surface area contributed by atoms with Crippen molar-refractivity contribution in [3.63, 3.8) is 0 Å². The second-order valence-corrected chi connectivity index (χ2v) is 12.4. The number of nitrogens with zero attached hydrogens (tertiary/aromatic N) is 1. The topological polar surface area (TPSA) is 106 Å². The first-order valence-electron chi connectivity index (χ1n) is 14.9. The lowest BCUT2D eigenvalue weighted by atomic mass is 10.1. The van der Waals surface area contributed by atoms with Crippen molar-refractivity contribution >= 4 is 18.1 Å². The number of carbonyl (C=O) groups excluding carboxylic acids is 3. The molecule has 236 valence electrons. The van der Waals surface area contributed by atoms with E-state index in [4.69, 9.17) is 14.2 Å². The zero-order valence-electron chi connectivity index (χ0n) is 26.6. The number of benzene rings is 3. The van der Waals surface area contributed by atoms with Crippen LogP contribution in [0.25, 0.3) is 0 Å². The maximum absolute atomic E-state index is 12.9. The van der Waals surface area contributed by atoms with Crippen molar-refractivity contribution in [3.8, 4) is 11.5 Å². The van der Waals surface area contributed by atoms with Gasteiger partial charge >= 0.3 is 12.2 Å². The zero-order chi connectivity index (χ0) is 32.2. The Morgan fingerprint density at radius 3 is 1.89 bits per heavy atom. The first kappa shape index (κ1) is 34.0. The highest BCUT2D eigenvalue weighted by Gasteiger charge is 2.22. The molecule has 3 aromatic carbocycles. The second kappa shape index (κ2) is 15.8. The predicted molar refractivity (Wildman–Crippen MR) is 171 cm³/mol. The summed E-state index contributed by atoms with van der Waals surface area (Å²) in [7, 11) is 0. The number of para-hydroxylation sites is 1. The van der Waals surface area contributed by atoms with Gasteiger partial charge in [-0.3, -0.25) is 4.79 Å². The van der Waals surface area contributed by atoms with Gasteiger partial charge < -0.3 is 29.7 Å². The van der Waals surface area contributed by atoms with Crippen molar-refractivity contribution in [2.45, 2.75) is 72.1 Å². The van der Waals surface area contributed by atoms with Gasteiger partial charge in [-0.1, -0.05) is 42.5 Å². The molecule has 0 fully saturated rings. The summed E-state index contributed by atoms with van der Waals surface area (Å²) in [6, 6.07) is 24.3. The van der Waals surface area contributed by atoms with Crippen molar-refractivity contribution in [1.29, 1.82) is 0 Å². The molecule has 0 aromatic heterocycles. The van der Waals surface area contributed by atoms with Gasteiger partial charge in [0.15, 0.2) is 0 Å². The molecule has 0 radical (unpaired) electrons. The molecule has 0 saturated carbocycles. The smallest absolute Gasteiger partial charge is 0.410 e. The van der Waals surface area contributed by atoms with Gasteiger partial charge in [-0.05, 0) is 102 Å². The van der Waals surface area contributed by atoms with Crippen LogP contribution in [-0.4, -0.2) is 53.8 Å². The Labute approximate surface area is 260 Å². The van der Waals surface area contributed by atoms with Crippen molar-refractivity contribution in [3.05, 3.63) is 95.6 Å². The van der Waals surface area contributed by atoms with E-state index in [0.717, 1.165) is 23.3 Å². The third-order valence-corrected chi connectivity index (χ3v) is 6.17. The van der Waals surface area contributed by atoms with Crippen LogP contribution in [0.4, 0.5) is 9.59 Å². The van der Waals surface area contributed by atoms with E-state index < -0.39 is 23.4 Å². The summed E-state index contributed by atoms with van der Waals surface area (Å²) in [5, 5.41) is 5.65. The number of nitrogens with one attached hydrogen (secondary N) is 2. The summed E-state index contributed by atoms with van der Waals surface area (Å²) < 4.78 is 16.7. The number of amides is 3. The number of ether oxygens (including phenoxy) is 3. The number of aryl methyl sites for hydroxylation is 1. The second-order valence-electron chi connectivity index (χ2n) is 12.4. The summed E-state index contributed by atoms with van der Waals surface area (Å²) in [6.45, 7) is 12.4. The van der Waals surface area contributed by atoms with Gasteiger partial charge in [0.05, 0.1) is 0 Å². The largest absolute Gasteiger partial charge is 0.457 e. The van der Waals surface area contributed by atoms with Gasteiger partial charge in [-0.25, -0.2) is 9.59 Å². The SMILES string of the molecule is CC(C)(C)OC(=O)NCc1ccc(CCCN(CCNC(=O)c2ccc(Oc3ccccc3)cc2)C(=O)OC(C)(C)C)cc1. The molecule has 0 atom stereocenters. The van der Waals surface area contributed by atoms with Gasteiger partial charge in [-0.15, -0.1) is 0 Å². The Balaban J connectivity index is 1.48. The number of rotatable bonds is 12. The van der Waals surface area contributed by atoms with E-state index in [1.54, 1.807) is 29.2 Å². The third-order valence-electron chi connectivity index (χ3n) is 6.17. The van der Waals surface area contributed by atoms with E-state index in [2.05, 4.69) is 10.6 Å². The fourth-order valence-corrected chi connectivity index (χ4v) is 4.11. The van der Waals surface area contributed by atoms with Crippen LogP contribution in [0.15, 0.2) is 78.9 Å². The lowest BCUT2D eigenvalue weighted by Gasteiger charge is -2.27. The highest BCUT2D eigenvalue weighted by Crippen LogP contribution is 2.21. The zero-order valence-corrected chi connectivity index (χ0v) is 26.6.